The van der Waals surface area contributed by atoms with Crippen LogP contribution in [0.4, 0.5) is 0 Å². The van der Waals surface area contributed by atoms with Crippen molar-refractivity contribution in [1.29, 1.82) is 0 Å². The summed E-state index contributed by atoms with van der Waals surface area (Å²) >= 11 is 0. The van der Waals surface area contributed by atoms with Crippen LogP contribution in [0.15, 0.2) is 81.2 Å². The molecule has 5 aromatic carbocycles. The van der Waals surface area contributed by atoms with Crippen LogP contribution >= 0.6 is 16.8 Å². The molecule has 0 spiro atoms. The fourth-order valence-electron chi connectivity index (χ4n) is 7.58. The van der Waals surface area contributed by atoms with Crippen LogP contribution in [-0.4, -0.2) is 14.2 Å². The summed E-state index contributed by atoms with van der Waals surface area (Å²) in [6.07, 6.45) is 0. The third-order valence-electron chi connectivity index (χ3n) is 10.7. The summed E-state index contributed by atoms with van der Waals surface area (Å²) in [4.78, 5) is 0. The Kier molecular flexibility index (Phi) is 11.3. The quantitative estimate of drug-likeness (QED) is 0.147. The zero-order valence-corrected chi connectivity index (χ0v) is 39.9. The summed E-state index contributed by atoms with van der Waals surface area (Å²) < 4.78 is 53.2. The normalized spacial score (nSPS) is 13.5. The van der Waals surface area contributed by atoms with Gasteiger partial charge in [0.25, 0.3) is 0 Å². The molecule has 0 amide bonds. The topological polar surface area (TPSA) is 81.7 Å². The third kappa shape index (κ3) is 8.56. The summed E-state index contributed by atoms with van der Waals surface area (Å²) in [5, 5.41) is 1.98. The van der Waals surface area contributed by atoms with Crippen LogP contribution in [0.2, 0.25) is 0 Å². The standard InChI is InChI=1S/C50H60O8P2/c1-29-21-33-34-22-30(2)24-38(48(6,7)8)44(34)57-60(56-43(33)37(23-29)47(3,4)5)58-46-36(26-32(52-16)28-40(46)50(12,13)14)35-25-31(51-15)27-39(49(9,10)11)45(35)55-59-53-41-19-17-18-20-42(41)54-59/h17-28H,1-16H3. The Morgan fingerprint density at radius 1 is 0.467 bits per heavy atom. The first-order chi connectivity index (χ1) is 28.0. The van der Waals surface area contributed by atoms with Crippen molar-refractivity contribution in [3.63, 3.8) is 0 Å². The van der Waals surface area contributed by atoms with Gasteiger partial charge in [-0.05, 0) is 95.2 Å². The molecule has 0 fully saturated rings. The van der Waals surface area contributed by atoms with Gasteiger partial charge in [-0.2, -0.15) is 0 Å². The zero-order valence-electron chi connectivity index (χ0n) is 38.1. The Labute approximate surface area is 358 Å². The molecular formula is C50H60O8P2. The molecule has 0 aliphatic carbocycles. The van der Waals surface area contributed by atoms with Crippen molar-refractivity contribution in [2.75, 3.05) is 14.2 Å². The predicted molar refractivity (Wildman–Crippen MR) is 247 cm³/mol. The van der Waals surface area contributed by atoms with Gasteiger partial charge in [-0.3, -0.25) is 0 Å². The van der Waals surface area contributed by atoms with Crippen molar-refractivity contribution in [3.8, 4) is 45.6 Å². The Hall–Kier alpha value is -4.77. The number of hydrogen-bond donors (Lipinski definition) is 0. The highest BCUT2D eigenvalue weighted by molar-refractivity contribution is 7.43. The average molecular weight is 851 g/mol. The number of hydrogen-bond acceptors (Lipinski definition) is 8. The first-order valence-electron chi connectivity index (χ1n) is 20.5. The summed E-state index contributed by atoms with van der Waals surface area (Å²) in [5.41, 5.74) is 7.88. The van der Waals surface area contributed by atoms with Crippen molar-refractivity contribution < 1.29 is 36.0 Å². The number of ether oxygens (including phenoxy) is 2. The molecular weight excluding hydrogens is 790 g/mol. The number of methoxy groups -OCH3 is 2. The maximum Gasteiger partial charge on any atom is 0.530 e. The van der Waals surface area contributed by atoms with E-state index >= 15 is 0 Å². The van der Waals surface area contributed by atoms with Gasteiger partial charge in [-0.15, -0.1) is 0 Å². The Morgan fingerprint density at radius 2 is 0.850 bits per heavy atom. The van der Waals surface area contributed by atoms with Crippen molar-refractivity contribution in [3.05, 3.63) is 106 Å². The minimum absolute atomic E-state index is 0.248. The van der Waals surface area contributed by atoms with E-state index in [1.807, 2.05) is 48.5 Å². The molecule has 318 valence electrons. The van der Waals surface area contributed by atoms with E-state index in [0.29, 0.717) is 45.6 Å². The molecule has 0 atom stereocenters. The van der Waals surface area contributed by atoms with E-state index < -0.39 is 22.3 Å². The monoisotopic (exact) mass is 850 g/mol. The molecule has 60 heavy (non-hydrogen) atoms. The van der Waals surface area contributed by atoms with Crippen molar-refractivity contribution in [1.82, 2.24) is 0 Å². The highest BCUT2D eigenvalue weighted by Crippen LogP contribution is 2.58. The Balaban J connectivity index is 1.58. The van der Waals surface area contributed by atoms with Gasteiger partial charge in [0.05, 0.1) is 14.2 Å². The Bertz CT molecular complexity index is 2540. The van der Waals surface area contributed by atoms with Crippen LogP contribution in [-0.2, 0) is 21.7 Å². The van der Waals surface area contributed by atoms with Gasteiger partial charge in [0.1, 0.15) is 34.2 Å². The van der Waals surface area contributed by atoms with Crippen LogP contribution < -0.4 is 27.6 Å². The van der Waals surface area contributed by atoms with Crippen LogP contribution in [0.5, 0.6) is 34.5 Å². The molecule has 10 heteroatoms. The van der Waals surface area contributed by atoms with E-state index in [9.17, 15) is 0 Å². The van der Waals surface area contributed by atoms with E-state index in [4.69, 9.17) is 36.0 Å². The summed E-state index contributed by atoms with van der Waals surface area (Å²) in [5.74, 6) is 3.75. The number of fused-ring (bicyclic) bond motifs is 4. The number of benzene rings is 5. The lowest BCUT2D eigenvalue weighted by Crippen LogP contribution is -2.15. The van der Waals surface area contributed by atoms with Crippen LogP contribution in [0.3, 0.4) is 0 Å². The molecule has 6 aromatic rings. The van der Waals surface area contributed by atoms with E-state index in [2.05, 4.69) is 121 Å². The van der Waals surface area contributed by atoms with Crippen molar-refractivity contribution >= 4 is 38.8 Å². The van der Waals surface area contributed by atoms with E-state index in [-0.39, 0.29) is 16.2 Å². The fourth-order valence-corrected chi connectivity index (χ4v) is 9.81. The largest absolute Gasteiger partial charge is 0.530 e. The van der Waals surface area contributed by atoms with Gasteiger partial charge < -0.3 is 36.0 Å². The maximum absolute atomic E-state index is 7.37. The summed E-state index contributed by atoms with van der Waals surface area (Å²) in [6.45, 7) is 30.5. The SMILES string of the molecule is COc1cc(-c2cc(OC)cc(C(C)(C)C)c2Op2oc3c(C(C)(C)C)cc(C)cc3c3cc(C)cc(C(C)(C)C)c3o2)c(OP2Oc3ccccc3O2)c(C(C)(C)C)c1. The lowest BCUT2D eigenvalue weighted by atomic mass is 9.81. The predicted octanol–water partition coefficient (Wildman–Crippen LogP) is 15.7. The van der Waals surface area contributed by atoms with Gasteiger partial charge in [-0.25, -0.2) is 0 Å². The zero-order chi connectivity index (χ0) is 43.7. The minimum Gasteiger partial charge on any atom is -0.497 e. The molecule has 0 N–H and O–H groups in total. The Morgan fingerprint density at radius 3 is 1.22 bits per heavy atom. The summed E-state index contributed by atoms with van der Waals surface area (Å²) in [6, 6.07) is 24.5. The number of rotatable bonds is 7. The molecule has 0 saturated heterocycles. The third-order valence-corrected chi connectivity index (χ3v) is 12.8. The molecule has 8 nitrogen and oxygen atoms in total. The summed E-state index contributed by atoms with van der Waals surface area (Å²) in [7, 11) is -0.633. The molecule has 0 bridgehead atoms. The smallest absolute Gasteiger partial charge is 0.497 e. The lowest BCUT2D eigenvalue weighted by Gasteiger charge is -2.28. The highest BCUT2D eigenvalue weighted by atomic mass is 31.2. The fraction of sp³-hybridized carbons (Fsp3) is 0.400. The van der Waals surface area contributed by atoms with E-state index in [0.717, 1.165) is 55.3 Å². The molecule has 1 aromatic heterocycles. The average Bonchev–Trinajstić information content (AvgIpc) is 3.49. The molecule has 0 unspecified atom stereocenters. The second-order valence-electron chi connectivity index (χ2n) is 19.9. The van der Waals surface area contributed by atoms with Gasteiger partial charge in [0.2, 0.25) is 0 Å². The molecule has 2 heterocycles. The molecule has 0 radical (unpaired) electrons. The number of aryl methyl sites for hydroxylation is 2. The molecule has 1 aliphatic rings. The molecule has 1 aliphatic heterocycles. The van der Waals surface area contributed by atoms with Crippen LogP contribution in [0.1, 0.15) is 116 Å². The first-order valence-corrected chi connectivity index (χ1v) is 22.7. The number of para-hydroxylation sites is 2. The highest BCUT2D eigenvalue weighted by Gasteiger charge is 2.36. The van der Waals surface area contributed by atoms with E-state index in [1.165, 1.54) is 0 Å². The molecule has 7 rings (SSSR count). The molecule has 0 saturated carbocycles. The van der Waals surface area contributed by atoms with Gasteiger partial charge in [-0.1, -0.05) is 107 Å². The maximum atomic E-state index is 7.37. The van der Waals surface area contributed by atoms with Crippen molar-refractivity contribution in [2.45, 2.75) is 119 Å². The van der Waals surface area contributed by atoms with Crippen LogP contribution in [0.25, 0.3) is 33.1 Å². The lowest BCUT2D eigenvalue weighted by molar-refractivity contribution is 0.405. The van der Waals surface area contributed by atoms with E-state index in [1.54, 1.807) is 14.2 Å². The second kappa shape index (κ2) is 15.6. The van der Waals surface area contributed by atoms with Gasteiger partial charge in [0.15, 0.2) is 11.5 Å². The second-order valence-corrected chi connectivity index (χ2v) is 21.9. The van der Waals surface area contributed by atoms with Crippen LogP contribution in [0, 0.1) is 13.8 Å². The van der Waals surface area contributed by atoms with Gasteiger partial charge in [0, 0.05) is 44.2 Å². The van der Waals surface area contributed by atoms with Gasteiger partial charge >= 0.3 is 16.8 Å². The first kappa shape index (κ1) is 43.3. The van der Waals surface area contributed by atoms with Crippen molar-refractivity contribution in [2.24, 2.45) is 0 Å². The minimum atomic E-state index is -2.13.